The molecule has 2 N–H and O–H groups in total. The summed E-state index contributed by atoms with van der Waals surface area (Å²) in [6.45, 7) is 15.9. The van der Waals surface area contributed by atoms with Gasteiger partial charge in [0.05, 0.1) is 5.82 Å². The molecule has 0 radical (unpaired) electrons. The maximum absolute atomic E-state index is 3.85. The lowest BCUT2D eigenvalue weighted by atomic mass is 10.1. The average molecular weight is 180 g/mol. The Bertz CT molecular complexity index is 219. The monoisotopic (exact) mass is 180 g/mol. The maximum Gasteiger partial charge on any atom is 0.0960 e. The van der Waals surface area contributed by atoms with Gasteiger partial charge in [0, 0.05) is 11.2 Å². The van der Waals surface area contributed by atoms with Gasteiger partial charge in [0.2, 0.25) is 0 Å². The minimum absolute atomic E-state index is 0.0281. The quantitative estimate of drug-likeness (QED) is 0.650. The highest BCUT2D eigenvalue weighted by Crippen LogP contribution is 2.01. The van der Waals surface area contributed by atoms with Gasteiger partial charge in [-0.25, -0.2) is 0 Å². The van der Waals surface area contributed by atoms with Gasteiger partial charge in [-0.2, -0.15) is 0 Å². The van der Waals surface area contributed by atoms with Crippen LogP contribution in [0.2, 0.25) is 0 Å². The molecule has 0 atom stereocenters. The van der Waals surface area contributed by atoms with E-state index in [9.17, 15) is 0 Å². The van der Waals surface area contributed by atoms with Crippen molar-refractivity contribution in [2.75, 3.05) is 0 Å². The van der Waals surface area contributed by atoms with Gasteiger partial charge in [-0.15, -0.1) is 0 Å². The Hall–Kier alpha value is -1.18. The maximum atomic E-state index is 3.85. The normalized spacial score (nSPS) is 11.4. The zero-order valence-corrected chi connectivity index (χ0v) is 9.07. The van der Waals surface area contributed by atoms with Crippen molar-refractivity contribution >= 4 is 0 Å². The van der Waals surface area contributed by atoms with Crippen molar-refractivity contribution < 1.29 is 0 Å². The Balaban J connectivity index is 3.96. The standard InChI is InChI=1S/C11H20N2/c1-7-8-9(2)12-10(3)13-11(4,5)6/h7-8,12-13H,2-3H2,1,4-6H3/b8-7-. The summed E-state index contributed by atoms with van der Waals surface area (Å²) >= 11 is 0. The summed E-state index contributed by atoms with van der Waals surface area (Å²) in [5, 5.41) is 6.26. The van der Waals surface area contributed by atoms with Crippen LogP contribution in [-0.4, -0.2) is 5.54 Å². The molecule has 0 aromatic rings. The molecule has 0 rings (SSSR count). The average Bonchev–Trinajstić information content (AvgIpc) is 1.81. The summed E-state index contributed by atoms with van der Waals surface area (Å²) in [7, 11) is 0. The summed E-state index contributed by atoms with van der Waals surface area (Å²) < 4.78 is 0. The summed E-state index contributed by atoms with van der Waals surface area (Å²) in [6, 6.07) is 0. The highest BCUT2D eigenvalue weighted by atomic mass is 15.1. The van der Waals surface area contributed by atoms with E-state index in [0.717, 1.165) is 11.5 Å². The second kappa shape index (κ2) is 4.75. The molecule has 0 aromatic heterocycles. The molecule has 0 saturated heterocycles. The van der Waals surface area contributed by atoms with Gasteiger partial charge < -0.3 is 10.6 Å². The fourth-order valence-corrected chi connectivity index (χ4v) is 0.921. The topological polar surface area (TPSA) is 24.1 Å². The van der Waals surface area contributed by atoms with Crippen molar-refractivity contribution in [3.63, 3.8) is 0 Å². The van der Waals surface area contributed by atoms with Gasteiger partial charge in [0.1, 0.15) is 0 Å². The van der Waals surface area contributed by atoms with Crippen molar-refractivity contribution in [2.24, 2.45) is 0 Å². The van der Waals surface area contributed by atoms with Crippen LogP contribution in [-0.2, 0) is 0 Å². The Morgan fingerprint density at radius 1 is 1.23 bits per heavy atom. The van der Waals surface area contributed by atoms with Crippen LogP contribution in [0.15, 0.2) is 36.8 Å². The Morgan fingerprint density at radius 2 is 1.77 bits per heavy atom. The van der Waals surface area contributed by atoms with Gasteiger partial charge in [-0.1, -0.05) is 19.2 Å². The van der Waals surface area contributed by atoms with Gasteiger partial charge in [0.25, 0.3) is 0 Å². The molecule has 2 heteroatoms. The van der Waals surface area contributed by atoms with Crippen LogP contribution in [0.3, 0.4) is 0 Å². The molecule has 0 aromatic carbocycles. The highest BCUT2D eigenvalue weighted by molar-refractivity contribution is 5.16. The molecule has 2 nitrogen and oxygen atoms in total. The molecule has 0 fully saturated rings. The van der Waals surface area contributed by atoms with E-state index in [1.54, 1.807) is 0 Å². The molecule has 0 aliphatic carbocycles. The third-order valence-corrected chi connectivity index (χ3v) is 1.21. The summed E-state index contributed by atoms with van der Waals surface area (Å²) in [6.07, 6.45) is 3.83. The van der Waals surface area contributed by atoms with E-state index in [4.69, 9.17) is 0 Å². The molecule has 74 valence electrons. The SMILES string of the molecule is C=C(/C=C\C)NC(=C)NC(C)(C)C. The zero-order valence-electron chi connectivity index (χ0n) is 9.07. The number of hydrogen-bond acceptors (Lipinski definition) is 2. The van der Waals surface area contributed by atoms with Gasteiger partial charge in [-0.05, 0) is 33.8 Å². The summed E-state index contributed by atoms with van der Waals surface area (Å²) in [4.78, 5) is 0. The number of allylic oxidation sites excluding steroid dienone is 2. The number of hydrogen-bond donors (Lipinski definition) is 2. The minimum Gasteiger partial charge on any atom is -0.368 e. The first-order valence-corrected chi connectivity index (χ1v) is 4.41. The van der Waals surface area contributed by atoms with E-state index in [2.05, 4.69) is 44.6 Å². The fraction of sp³-hybridized carbons (Fsp3) is 0.455. The van der Waals surface area contributed by atoms with E-state index in [1.807, 2.05) is 19.1 Å². The molecule has 0 amide bonds. The van der Waals surface area contributed by atoms with E-state index in [-0.39, 0.29) is 5.54 Å². The molecule has 0 aliphatic heterocycles. The van der Waals surface area contributed by atoms with Crippen LogP contribution in [0.25, 0.3) is 0 Å². The lowest BCUT2D eigenvalue weighted by Gasteiger charge is -2.24. The lowest BCUT2D eigenvalue weighted by molar-refractivity contribution is 0.461. The minimum atomic E-state index is 0.0281. The van der Waals surface area contributed by atoms with Crippen LogP contribution in [0.4, 0.5) is 0 Å². The predicted octanol–water partition coefficient (Wildman–Crippen LogP) is 2.53. The molecule has 0 unspecified atom stereocenters. The van der Waals surface area contributed by atoms with E-state index < -0.39 is 0 Å². The van der Waals surface area contributed by atoms with Crippen molar-refractivity contribution in [1.82, 2.24) is 10.6 Å². The van der Waals surface area contributed by atoms with Crippen LogP contribution in [0, 0.1) is 0 Å². The first-order chi connectivity index (χ1) is 5.85. The predicted molar refractivity (Wildman–Crippen MR) is 59.1 cm³/mol. The highest BCUT2D eigenvalue weighted by Gasteiger charge is 2.09. The molecule has 0 spiro atoms. The molecule has 13 heavy (non-hydrogen) atoms. The third-order valence-electron chi connectivity index (χ3n) is 1.21. The van der Waals surface area contributed by atoms with E-state index >= 15 is 0 Å². The lowest BCUT2D eigenvalue weighted by Crippen LogP contribution is -2.39. The molecule has 0 bridgehead atoms. The third kappa shape index (κ3) is 7.19. The van der Waals surface area contributed by atoms with Crippen molar-refractivity contribution in [3.8, 4) is 0 Å². The molecular weight excluding hydrogens is 160 g/mol. The number of nitrogens with one attached hydrogen (secondary N) is 2. The van der Waals surface area contributed by atoms with E-state index in [0.29, 0.717) is 0 Å². The zero-order chi connectivity index (χ0) is 10.5. The Kier molecular flexibility index (Phi) is 4.32. The largest absolute Gasteiger partial charge is 0.368 e. The van der Waals surface area contributed by atoms with E-state index in [1.165, 1.54) is 0 Å². The van der Waals surface area contributed by atoms with Crippen molar-refractivity contribution in [2.45, 2.75) is 33.2 Å². The molecular formula is C11H20N2. The summed E-state index contributed by atoms with van der Waals surface area (Å²) in [5.41, 5.74) is 0.865. The van der Waals surface area contributed by atoms with Gasteiger partial charge >= 0.3 is 0 Å². The first-order valence-electron chi connectivity index (χ1n) is 4.41. The van der Waals surface area contributed by atoms with Crippen molar-refractivity contribution in [1.29, 1.82) is 0 Å². The molecule has 0 saturated carbocycles. The fourth-order valence-electron chi connectivity index (χ4n) is 0.921. The van der Waals surface area contributed by atoms with Crippen LogP contribution in [0.1, 0.15) is 27.7 Å². The smallest absolute Gasteiger partial charge is 0.0960 e. The molecule has 0 aliphatic rings. The van der Waals surface area contributed by atoms with Crippen LogP contribution in [0.5, 0.6) is 0 Å². The van der Waals surface area contributed by atoms with Gasteiger partial charge in [-0.3, -0.25) is 0 Å². The second-order valence-corrected chi connectivity index (χ2v) is 4.00. The summed E-state index contributed by atoms with van der Waals surface area (Å²) in [5.74, 6) is 0.774. The molecule has 0 heterocycles. The first kappa shape index (κ1) is 11.8. The van der Waals surface area contributed by atoms with Crippen LogP contribution >= 0.6 is 0 Å². The Morgan fingerprint density at radius 3 is 2.15 bits per heavy atom. The van der Waals surface area contributed by atoms with Crippen molar-refractivity contribution in [3.05, 3.63) is 36.8 Å². The van der Waals surface area contributed by atoms with Gasteiger partial charge in [0.15, 0.2) is 0 Å². The number of rotatable bonds is 4. The van der Waals surface area contributed by atoms with Crippen LogP contribution < -0.4 is 10.6 Å². The Labute approximate surface area is 81.4 Å². The second-order valence-electron chi connectivity index (χ2n) is 4.00.